The van der Waals surface area contributed by atoms with E-state index < -0.39 is 0 Å². The summed E-state index contributed by atoms with van der Waals surface area (Å²) in [4.78, 5) is 17.0. The van der Waals surface area contributed by atoms with Gasteiger partial charge in [0.2, 0.25) is 5.91 Å². The smallest absolute Gasteiger partial charge is 0.228 e. The highest BCUT2D eigenvalue weighted by atomic mass is 16.5. The second-order valence-corrected chi connectivity index (χ2v) is 5.89. The Morgan fingerprint density at radius 3 is 2.26 bits per heavy atom. The molecule has 19 heavy (non-hydrogen) atoms. The molecule has 0 spiro atoms. The minimum absolute atomic E-state index is 0.0241. The maximum absolute atomic E-state index is 12.6. The van der Waals surface area contributed by atoms with Crippen molar-refractivity contribution in [2.24, 2.45) is 17.6 Å². The molecule has 5 nitrogen and oxygen atoms in total. The summed E-state index contributed by atoms with van der Waals surface area (Å²) in [7, 11) is 0. The standard InChI is InChI=1S/C14H27N3O2/c1-10-11(2)19-12(3)13(10)14(18)17-8-6-16(5-4-15)7-9-17/h10-13H,4-9,15H2,1-3H3. The number of rotatable bonds is 3. The van der Waals surface area contributed by atoms with E-state index in [1.165, 1.54) is 0 Å². The van der Waals surface area contributed by atoms with Crippen LogP contribution in [0.3, 0.4) is 0 Å². The minimum atomic E-state index is 0.0241. The monoisotopic (exact) mass is 269 g/mol. The summed E-state index contributed by atoms with van der Waals surface area (Å²) in [5.41, 5.74) is 5.57. The molecular formula is C14H27N3O2. The zero-order valence-electron chi connectivity index (χ0n) is 12.3. The van der Waals surface area contributed by atoms with Crippen LogP contribution in [0.4, 0.5) is 0 Å². The third-order valence-electron chi connectivity index (χ3n) is 4.66. The lowest BCUT2D eigenvalue weighted by atomic mass is 9.88. The van der Waals surface area contributed by atoms with Crippen LogP contribution in [0.25, 0.3) is 0 Å². The first-order valence-electron chi connectivity index (χ1n) is 7.41. The van der Waals surface area contributed by atoms with Crippen molar-refractivity contribution in [3.63, 3.8) is 0 Å². The quantitative estimate of drug-likeness (QED) is 0.792. The van der Waals surface area contributed by atoms with Gasteiger partial charge in [0, 0.05) is 39.3 Å². The van der Waals surface area contributed by atoms with Crippen LogP contribution in [0.5, 0.6) is 0 Å². The molecule has 2 rings (SSSR count). The Labute approximate surface area is 116 Å². The highest BCUT2D eigenvalue weighted by molar-refractivity contribution is 5.80. The van der Waals surface area contributed by atoms with Gasteiger partial charge < -0.3 is 15.4 Å². The normalized spacial score (nSPS) is 36.7. The largest absolute Gasteiger partial charge is 0.374 e. The summed E-state index contributed by atoms with van der Waals surface area (Å²) in [6.45, 7) is 11.4. The summed E-state index contributed by atoms with van der Waals surface area (Å²) in [6.07, 6.45) is 0.224. The number of nitrogens with zero attached hydrogens (tertiary/aromatic N) is 2. The second-order valence-electron chi connectivity index (χ2n) is 5.89. The van der Waals surface area contributed by atoms with Crippen molar-refractivity contribution in [2.45, 2.75) is 33.0 Å². The van der Waals surface area contributed by atoms with Crippen molar-refractivity contribution in [3.8, 4) is 0 Å². The van der Waals surface area contributed by atoms with Crippen molar-refractivity contribution >= 4 is 5.91 Å². The average molecular weight is 269 g/mol. The van der Waals surface area contributed by atoms with Gasteiger partial charge in [-0.3, -0.25) is 9.69 Å². The molecule has 1 amide bonds. The molecule has 0 radical (unpaired) electrons. The first kappa shape index (κ1) is 14.8. The topological polar surface area (TPSA) is 58.8 Å². The second kappa shape index (κ2) is 6.20. The van der Waals surface area contributed by atoms with E-state index in [0.717, 1.165) is 32.7 Å². The molecule has 0 aromatic heterocycles. The highest BCUT2D eigenvalue weighted by Crippen LogP contribution is 2.33. The van der Waals surface area contributed by atoms with Gasteiger partial charge in [0.15, 0.2) is 0 Å². The predicted octanol–water partition coefficient (Wildman–Crippen LogP) is 0.149. The number of nitrogens with two attached hydrogens (primary N) is 1. The fraction of sp³-hybridized carbons (Fsp3) is 0.929. The zero-order chi connectivity index (χ0) is 14.0. The molecule has 2 N–H and O–H groups in total. The Balaban J connectivity index is 1.91. The molecule has 4 unspecified atom stereocenters. The highest BCUT2D eigenvalue weighted by Gasteiger charge is 2.43. The Morgan fingerprint density at radius 2 is 1.79 bits per heavy atom. The molecule has 0 bridgehead atoms. The van der Waals surface area contributed by atoms with Gasteiger partial charge in [-0.15, -0.1) is 0 Å². The van der Waals surface area contributed by atoms with E-state index in [-0.39, 0.29) is 24.0 Å². The van der Waals surface area contributed by atoms with Gasteiger partial charge >= 0.3 is 0 Å². The number of carbonyl (C=O) groups is 1. The van der Waals surface area contributed by atoms with Crippen LogP contribution in [-0.4, -0.2) is 67.2 Å². The van der Waals surface area contributed by atoms with Crippen molar-refractivity contribution in [1.82, 2.24) is 9.80 Å². The summed E-state index contributed by atoms with van der Waals surface area (Å²) in [6, 6.07) is 0. The fourth-order valence-corrected chi connectivity index (χ4v) is 3.28. The third kappa shape index (κ3) is 3.09. The van der Waals surface area contributed by atoms with Crippen molar-refractivity contribution in [2.75, 3.05) is 39.3 Å². The molecule has 2 aliphatic heterocycles. The molecule has 2 saturated heterocycles. The molecule has 4 atom stereocenters. The molecule has 2 aliphatic rings. The van der Waals surface area contributed by atoms with Gasteiger partial charge in [-0.1, -0.05) is 6.92 Å². The van der Waals surface area contributed by atoms with Crippen LogP contribution >= 0.6 is 0 Å². The third-order valence-corrected chi connectivity index (χ3v) is 4.66. The van der Waals surface area contributed by atoms with E-state index in [1.54, 1.807) is 0 Å². The van der Waals surface area contributed by atoms with Gasteiger partial charge in [0.25, 0.3) is 0 Å². The van der Waals surface area contributed by atoms with Crippen LogP contribution in [0.2, 0.25) is 0 Å². The van der Waals surface area contributed by atoms with Gasteiger partial charge in [-0.25, -0.2) is 0 Å². The first-order valence-corrected chi connectivity index (χ1v) is 7.41. The molecule has 0 aliphatic carbocycles. The number of piperazine rings is 1. The Kier molecular flexibility index (Phi) is 4.81. The SMILES string of the molecule is CC1OC(C)C(C(=O)N2CCN(CCN)CC2)C1C. The maximum Gasteiger partial charge on any atom is 0.228 e. The summed E-state index contributed by atoms with van der Waals surface area (Å²) >= 11 is 0. The molecule has 2 heterocycles. The molecule has 0 saturated carbocycles. The Hall–Kier alpha value is -0.650. The number of hydrogen-bond donors (Lipinski definition) is 1. The lowest BCUT2D eigenvalue weighted by Crippen LogP contribution is -2.52. The van der Waals surface area contributed by atoms with E-state index in [2.05, 4.69) is 18.7 Å². The summed E-state index contributed by atoms with van der Waals surface area (Å²) in [5, 5.41) is 0. The molecule has 110 valence electrons. The van der Waals surface area contributed by atoms with Gasteiger partial charge in [0.1, 0.15) is 0 Å². The summed E-state index contributed by atoms with van der Waals surface area (Å²) in [5.74, 6) is 0.609. The Morgan fingerprint density at radius 1 is 1.16 bits per heavy atom. The average Bonchev–Trinajstić information content (AvgIpc) is 2.64. The molecule has 0 aromatic carbocycles. The van der Waals surface area contributed by atoms with E-state index in [9.17, 15) is 4.79 Å². The van der Waals surface area contributed by atoms with Crippen LogP contribution < -0.4 is 5.73 Å². The van der Waals surface area contributed by atoms with E-state index in [4.69, 9.17) is 10.5 Å². The van der Waals surface area contributed by atoms with Crippen LogP contribution in [-0.2, 0) is 9.53 Å². The number of carbonyl (C=O) groups excluding carboxylic acids is 1. The van der Waals surface area contributed by atoms with Gasteiger partial charge in [0.05, 0.1) is 18.1 Å². The van der Waals surface area contributed by atoms with Gasteiger partial charge in [-0.2, -0.15) is 0 Å². The van der Waals surface area contributed by atoms with Crippen molar-refractivity contribution in [3.05, 3.63) is 0 Å². The van der Waals surface area contributed by atoms with E-state index >= 15 is 0 Å². The van der Waals surface area contributed by atoms with Crippen LogP contribution in [0.1, 0.15) is 20.8 Å². The number of ether oxygens (including phenoxy) is 1. The number of hydrogen-bond acceptors (Lipinski definition) is 4. The lowest BCUT2D eigenvalue weighted by Gasteiger charge is -2.36. The predicted molar refractivity (Wildman–Crippen MR) is 74.7 cm³/mol. The van der Waals surface area contributed by atoms with Crippen LogP contribution in [0, 0.1) is 11.8 Å². The molecule has 0 aromatic rings. The maximum atomic E-state index is 12.6. The molecular weight excluding hydrogens is 242 g/mol. The lowest BCUT2D eigenvalue weighted by molar-refractivity contribution is -0.139. The van der Waals surface area contributed by atoms with E-state index in [0.29, 0.717) is 12.5 Å². The fourth-order valence-electron chi connectivity index (χ4n) is 3.28. The molecule has 2 fully saturated rings. The van der Waals surface area contributed by atoms with Crippen LogP contribution in [0.15, 0.2) is 0 Å². The van der Waals surface area contributed by atoms with Crippen molar-refractivity contribution < 1.29 is 9.53 Å². The molecule has 5 heteroatoms. The first-order chi connectivity index (χ1) is 9.04. The number of amides is 1. The zero-order valence-corrected chi connectivity index (χ0v) is 12.3. The van der Waals surface area contributed by atoms with Gasteiger partial charge in [-0.05, 0) is 19.8 Å². The minimum Gasteiger partial charge on any atom is -0.374 e. The Bertz CT molecular complexity index is 316. The van der Waals surface area contributed by atoms with E-state index in [1.807, 2.05) is 11.8 Å². The van der Waals surface area contributed by atoms with Crippen molar-refractivity contribution in [1.29, 1.82) is 0 Å². The summed E-state index contributed by atoms with van der Waals surface area (Å²) < 4.78 is 5.78.